The predicted octanol–water partition coefficient (Wildman–Crippen LogP) is 3.77. The third-order valence-corrected chi connectivity index (χ3v) is 3.05. The van der Waals surface area contributed by atoms with Gasteiger partial charge in [0.1, 0.15) is 0 Å². The standard InChI is InChI=1S/C12H24O/c1-3-5-11-6-8-12(9-7-11)13-10-4-2/h11-12H,3-10H2,1-2H3. The molecule has 0 bridgehead atoms. The summed E-state index contributed by atoms with van der Waals surface area (Å²) in [7, 11) is 0. The van der Waals surface area contributed by atoms with Gasteiger partial charge in [-0.2, -0.15) is 0 Å². The molecule has 0 aromatic rings. The highest BCUT2D eigenvalue weighted by Gasteiger charge is 2.20. The summed E-state index contributed by atoms with van der Waals surface area (Å²) in [6, 6.07) is 0. The van der Waals surface area contributed by atoms with Gasteiger partial charge in [-0.25, -0.2) is 0 Å². The Morgan fingerprint density at radius 1 is 1.00 bits per heavy atom. The second kappa shape index (κ2) is 6.42. The minimum Gasteiger partial charge on any atom is -0.378 e. The van der Waals surface area contributed by atoms with Crippen molar-refractivity contribution in [3.8, 4) is 0 Å². The smallest absolute Gasteiger partial charge is 0.0575 e. The minimum absolute atomic E-state index is 0.591. The van der Waals surface area contributed by atoms with Crippen molar-refractivity contribution < 1.29 is 4.74 Å². The molecule has 0 unspecified atom stereocenters. The summed E-state index contributed by atoms with van der Waals surface area (Å²) in [6.45, 7) is 5.44. The van der Waals surface area contributed by atoms with Crippen molar-refractivity contribution in [2.75, 3.05) is 6.61 Å². The van der Waals surface area contributed by atoms with E-state index in [2.05, 4.69) is 13.8 Å². The van der Waals surface area contributed by atoms with Crippen LogP contribution in [0.25, 0.3) is 0 Å². The molecule has 13 heavy (non-hydrogen) atoms. The van der Waals surface area contributed by atoms with Crippen molar-refractivity contribution in [1.29, 1.82) is 0 Å². The van der Waals surface area contributed by atoms with Gasteiger partial charge >= 0.3 is 0 Å². The number of rotatable bonds is 5. The largest absolute Gasteiger partial charge is 0.378 e. The van der Waals surface area contributed by atoms with E-state index in [0.717, 1.165) is 18.9 Å². The molecule has 1 fully saturated rings. The summed E-state index contributed by atoms with van der Waals surface area (Å²) >= 11 is 0. The van der Waals surface area contributed by atoms with Crippen LogP contribution in [0.15, 0.2) is 0 Å². The van der Waals surface area contributed by atoms with Crippen molar-refractivity contribution in [1.82, 2.24) is 0 Å². The van der Waals surface area contributed by atoms with Crippen LogP contribution in [0.4, 0.5) is 0 Å². The molecular weight excluding hydrogens is 160 g/mol. The van der Waals surface area contributed by atoms with E-state index in [0.29, 0.717) is 6.10 Å². The summed E-state index contributed by atoms with van der Waals surface area (Å²) in [5.41, 5.74) is 0. The molecule has 1 aliphatic carbocycles. The molecule has 1 rings (SSSR count). The molecule has 0 radical (unpaired) electrons. The topological polar surface area (TPSA) is 9.23 Å². The molecule has 0 aliphatic heterocycles. The molecule has 1 saturated carbocycles. The van der Waals surface area contributed by atoms with Crippen LogP contribution < -0.4 is 0 Å². The summed E-state index contributed by atoms with van der Waals surface area (Å²) in [5.74, 6) is 1.01. The summed E-state index contributed by atoms with van der Waals surface area (Å²) in [5, 5.41) is 0. The average Bonchev–Trinajstić information content (AvgIpc) is 2.17. The monoisotopic (exact) mass is 184 g/mol. The van der Waals surface area contributed by atoms with E-state index in [-0.39, 0.29) is 0 Å². The second-order valence-electron chi connectivity index (χ2n) is 4.30. The summed E-state index contributed by atoms with van der Waals surface area (Å²) in [6.07, 6.45) is 9.97. The zero-order valence-corrected chi connectivity index (χ0v) is 9.22. The van der Waals surface area contributed by atoms with Gasteiger partial charge in [-0.05, 0) is 38.0 Å². The molecule has 0 aromatic heterocycles. The van der Waals surface area contributed by atoms with Crippen LogP contribution in [0.5, 0.6) is 0 Å². The molecule has 0 heterocycles. The lowest BCUT2D eigenvalue weighted by Gasteiger charge is -2.28. The van der Waals surface area contributed by atoms with E-state index < -0.39 is 0 Å². The number of hydrogen-bond acceptors (Lipinski definition) is 1. The maximum Gasteiger partial charge on any atom is 0.0575 e. The van der Waals surface area contributed by atoms with Crippen LogP contribution >= 0.6 is 0 Å². The van der Waals surface area contributed by atoms with Gasteiger partial charge in [0.15, 0.2) is 0 Å². The van der Waals surface area contributed by atoms with Gasteiger partial charge < -0.3 is 4.74 Å². The van der Waals surface area contributed by atoms with Crippen LogP contribution in [-0.4, -0.2) is 12.7 Å². The SMILES string of the molecule is CCCOC1CCC(CCC)CC1. The van der Waals surface area contributed by atoms with Crippen LogP contribution in [-0.2, 0) is 4.74 Å². The Bertz CT molecular complexity index is 114. The molecule has 0 atom stereocenters. The zero-order chi connectivity index (χ0) is 9.52. The van der Waals surface area contributed by atoms with E-state index in [1.807, 2.05) is 0 Å². The van der Waals surface area contributed by atoms with Crippen LogP contribution in [0, 0.1) is 5.92 Å². The third kappa shape index (κ3) is 4.12. The maximum atomic E-state index is 5.76. The molecule has 0 spiro atoms. The first-order valence-corrected chi connectivity index (χ1v) is 5.98. The van der Waals surface area contributed by atoms with Crippen molar-refractivity contribution >= 4 is 0 Å². The minimum atomic E-state index is 0.591. The van der Waals surface area contributed by atoms with Gasteiger partial charge in [0, 0.05) is 6.61 Å². The lowest BCUT2D eigenvalue weighted by Crippen LogP contribution is -2.21. The molecule has 78 valence electrons. The van der Waals surface area contributed by atoms with E-state index in [9.17, 15) is 0 Å². The molecule has 0 aromatic carbocycles. The fourth-order valence-electron chi connectivity index (χ4n) is 2.28. The van der Waals surface area contributed by atoms with Crippen LogP contribution in [0.2, 0.25) is 0 Å². The lowest BCUT2D eigenvalue weighted by molar-refractivity contribution is 0.0176. The zero-order valence-electron chi connectivity index (χ0n) is 9.22. The predicted molar refractivity (Wildman–Crippen MR) is 56.9 cm³/mol. The highest BCUT2D eigenvalue weighted by molar-refractivity contribution is 4.72. The molecule has 0 N–H and O–H groups in total. The summed E-state index contributed by atoms with van der Waals surface area (Å²) in [4.78, 5) is 0. The molecule has 1 heteroatoms. The fourth-order valence-corrected chi connectivity index (χ4v) is 2.28. The molecule has 0 amide bonds. The Labute approximate surface area is 82.9 Å². The molecular formula is C12H24O. The lowest BCUT2D eigenvalue weighted by atomic mass is 9.85. The van der Waals surface area contributed by atoms with Gasteiger partial charge in [0.2, 0.25) is 0 Å². The average molecular weight is 184 g/mol. The van der Waals surface area contributed by atoms with Gasteiger partial charge in [-0.15, -0.1) is 0 Å². The first-order valence-electron chi connectivity index (χ1n) is 5.98. The fraction of sp³-hybridized carbons (Fsp3) is 1.00. The Morgan fingerprint density at radius 3 is 2.23 bits per heavy atom. The van der Waals surface area contributed by atoms with Gasteiger partial charge in [-0.1, -0.05) is 26.7 Å². The highest BCUT2D eigenvalue weighted by Crippen LogP contribution is 2.29. The summed E-state index contributed by atoms with van der Waals surface area (Å²) < 4.78 is 5.76. The second-order valence-corrected chi connectivity index (χ2v) is 4.30. The first kappa shape index (κ1) is 11.0. The maximum absolute atomic E-state index is 5.76. The Kier molecular flexibility index (Phi) is 5.45. The molecule has 1 nitrogen and oxygen atoms in total. The van der Waals surface area contributed by atoms with Crippen LogP contribution in [0.3, 0.4) is 0 Å². The molecule has 0 saturated heterocycles. The van der Waals surface area contributed by atoms with E-state index >= 15 is 0 Å². The highest BCUT2D eigenvalue weighted by atomic mass is 16.5. The van der Waals surface area contributed by atoms with Gasteiger partial charge in [0.05, 0.1) is 6.10 Å². The Morgan fingerprint density at radius 2 is 1.69 bits per heavy atom. The number of ether oxygens (including phenoxy) is 1. The van der Waals surface area contributed by atoms with Crippen molar-refractivity contribution in [2.45, 2.75) is 64.9 Å². The van der Waals surface area contributed by atoms with Crippen LogP contribution in [0.1, 0.15) is 58.8 Å². The van der Waals surface area contributed by atoms with Gasteiger partial charge in [-0.3, -0.25) is 0 Å². The van der Waals surface area contributed by atoms with E-state index in [1.54, 1.807) is 0 Å². The quantitative estimate of drug-likeness (QED) is 0.632. The van der Waals surface area contributed by atoms with Crippen molar-refractivity contribution in [2.24, 2.45) is 5.92 Å². The Balaban J connectivity index is 2.08. The van der Waals surface area contributed by atoms with Crippen molar-refractivity contribution in [3.63, 3.8) is 0 Å². The van der Waals surface area contributed by atoms with E-state index in [1.165, 1.54) is 38.5 Å². The first-order chi connectivity index (χ1) is 6.36. The van der Waals surface area contributed by atoms with Crippen molar-refractivity contribution in [3.05, 3.63) is 0 Å². The van der Waals surface area contributed by atoms with E-state index in [4.69, 9.17) is 4.74 Å². The normalized spacial score (nSPS) is 29.1. The third-order valence-electron chi connectivity index (χ3n) is 3.05. The molecule has 1 aliphatic rings. The Hall–Kier alpha value is -0.0400. The van der Waals surface area contributed by atoms with Gasteiger partial charge in [0.25, 0.3) is 0 Å². The number of hydrogen-bond donors (Lipinski definition) is 0.